The van der Waals surface area contributed by atoms with Gasteiger partial charge in [0.25, 0.3) is 0 Å². The predicted molar refractivity (Wildman–Crippen MR) is 284 cm³/mol. The van der Waals surface area contributed by atoms with E-state index in [0.29, 0.717) is 12.8 Å². The fraction of sp³-hybridized carbons (Fsp3) is 0.683. The average Bonchev–Trinajstić information content (AvgIpc) is 3.31. The molecule has 1 atom stereocenters. The monoisotopic (exact) mass is 917 g/mol. The van der Waals surface area contributed by atoms with Gasteiger partial charge in [0.05, 0.1) is 6.42 Å². The maximum atomic E-state index is 12.7. The zero-order chi connectivity index (χ0) is 47.9. The van der Waals surface area contributed by atoms with Gasteiger partial charge in [0.1, 0.15) is 13.2 Å². The minimum Gasteiger partial charge on any atom is -0.462 e. The van der Waals surface area contributed by atoms with Gasteiger partial charge in [0, 0.05) is 12.8 Å². The van der Waals surface area contributed by atoms with Crippen molar-refractivity contribution in [3.63, 3.8) is 0 Å². The highest BCUT2D eigenvalue weighted by Crippen LogP contribution is 2.14. The van der Waals surface area contributed by atoms with Gasteiger partial charge >= 0.3 is 17.9 Å². The Morgan fingerprint density at radius 3 is 1.08 bits per heavy atom. The second-order valence-electron chi connectivity index (χ2n) is 17.8. The van der Waals surface area contributed by atoms with Crippen molar-refractivity contribution in [2.24, 2.45) is 0 Å². The Morgan fingerprint density at radius 1 is 0.333 bits per heavy atom. The first-order valence-corrected chi connectivity index (χ1v) is 27.2. The maximum Gasteiger partial charge on any atom is 0.310 e. The number of unbranched alkanes of at least 4 members (excludes halogenated alkanes) is 22. The molecule has 0 bridgehead atoms. The average molecular weight is 917 g/mol. The van der Waals surface area contributed by atoms with Crippen LogP contribution in [0.3, 0.4) is 0 Å². The summed E-state index contributed by atoms with van der Waals surface area (Å²) in [6.07, 6.45) is 71.5. The summed E-state index contributed by atoms with van der Waals surface area (Å²) in [5.74, 6) is -1.07. The Kier molecular flexibility index (Phi) is 50.9. The van der Waals surface area contributed by atoms with Crippen LogP contribution in [0, 0.1) is 0 Å². The zero-order valence-electron chi connectivity index (χ0n) is 42.9. The lowest BCUT2D eigenvalue weighted by molar-refractivity contribution is -0.166. The molecule has 0 saturated heterocycles. The fourth-order valence-corrected chi connectivity index (χ4v) is 7.26. The molecule has 0 radical (unpaired) electrons. The van der Waals surface area contributed by atoms with Gasteiger partial charge in [-0.05, 0) is 96.3 Å². The number of hydrogen-bond acceptors (Lipinski definition) is 6. The van der Waals surface area contributed by atoms with E-state index in [9.17, 15) is 14.4 Å². The van der Waals surface area contributed by atoms with Crippen LogP contribution >= 0.6 is 0 Å². The van der Waals surface area contributed by atoms with E-state index >= 15 is 0 Å². The van der Waals surface area contributed by atoms with Crippen molar-refractivity contribution in [2.75, 3.05) is 13.2 Å². The predicted octanol–water partition coefficient (Wildman–Crippen LogP) is 18.1. The Hall–Kier alpha value is -3.67. The second kappa shape index (κ2) is 53.9. The molecule has 0 heterocycles. The van der Waals surface area contributed by atoms with Gasteiger partial charge in [0.2, 0.25) is 0 Å². The van der Waals surface area contributed by atoms with Crippen molar-refractivity contribution in [1.29, 1.82) is 0 Å². The second-order valence-corrected chi connectivity index (χ2v) is 17.8. The van der Waals surface area contributed by atoms with E-state index in [0.717, 1.165) is 96.3 Å². The van der Waals surface area contributed by atoms with Crippen LogP contribution in [0.25, 0.3) is 0 Å². The number of esters is 3. The lowest BCUT2D eigenvalue weighted by Gasteiger charge is -2.18. The van der Waals surface area contributed by atoms with E-state index in [4.69, 9.17) is 14.2 Å². The number of carbonyl (C=O) groups excluding carboxylic acids is 3. The lowest BCUT2D eigenvalue weighted by atomic mass is 10.0. The van der Waals surface area contributed by atoms with Crippen LogP contribution in [-0.2, 0) is 28.6 Å². The Morgan fingerprint density at radius 2 is 0.667 bits per heavy atom. The molecule has 0 N–H and O–H groups in total. The highest BCUT2D eigenvalue weighted by Gasteiger charge is 2.19. The highest BCUT2D eigenvalue weighted by molar-refractivity contribution is 5.72. The summed E-state index contributed by atoms with van der Waals surface area (Å²) in [5.41, 5.74) is 0. The van der Waals surface area contributed by atoms with Gasteiger partial charge in [-0.15, -0.1) is 0 Å². The molecule has 0 fully saturated rings. The number of hydrogen-bond donors (Lipinski definition) is 0. The fourth-order valence-electron chi connectivity index (χ4n) is 7.26. The first kappa shape index (κ1) is 62.3. The summed E-state index contributed by atoms with van der Waals surface area (Å²) in [5, 5.41) is 0. The molecule has 0 rings (SSSR count). The molecule has 6 heteroatoms. The molecule has 66 heavy (non-hydrogen) atoms. The molecular weight excluding hydrogens is 817 g/mol. The zero-order valence-corrected chi connectivity index (χ0v) is 42.9. The summed E-state index contributed by atoms with van der Waals surface area (Å²) in [6, 6.07) is 0. The molecule has 0 aromatic carbocycles. The van der Waals surface area contributed by atoms with Crippen molar-refractivity contribution in [3.05, 3.63) is 97.2 Å². The molecule has 0 aliphatic rings. The van der Waals surface area contributed by atoms with Crippen LogP contribution in [0.1, 0.15) is 245 Å². The number of ether oxygens (including phenoxy) is 3. The van der Waals surface area contributed by atoms with Crippen LogP contribution in [0.2, 0.25) is 0 Å². The molecule has 0 amide bonds. The SMILES string of the molecule is CC/C=C\C/C=C\C/C=C\C/C=C\C/C=C\CC(=O)OC(COC(=O)CCCCCCC/C=C\CCC)COC(=O)CCCCCCCCCCCCC/C=C\C/C=C\CCCCCCC. The molecule has 376 valence electrons. The third-order valence-corrected chi connectivity index (χ3v) is 11.3. The molecule has 0 aliphatic carbocycles. The normalized spacial score (nSPS) is 12.8. The third kappa shape index (κ3) is 51.3. The van der Waals surface area contributed by atoms with Crippen LogP contribution in [0.5, 0.6) is 0 Å². The largest absolute Gasteiger partial charge is 0.462 e. The molecular formula is C60H100O6. The topological polar surface area (TPSA) is 78.9 Å². The van der Waals surface area contributed by atoms with Gasteiger partial charge < -0.3 is 14.2 Å². The number of rotatable bonds is 48. The molecule has 0 aromatic rings. The van der Waals surface area contributed by atoms with Crippen LogP contribution in [0.15, 0.2) is 97.2 Å². The smallest absolute Gasteiger partial charge is 0.310 e. The summed E-state index contributed by atoms with van der Waals surface area (Å²) >= 11 is 0. The van der Waals surface area contributed by atoms with Gasteiger partial charge in [-0.25, -0.2) is 0 Å². The molecule has 0 aromatic heterocycles. The highest BCUT2D eigenvalue weighted by atomic mass is 16.6. The number of allylic oxidation sites excluding steroid dienone is 15. The standard InChI is InChI=1S/C60H100O6/c1-4-7-10-13-16-19-22-24-26-27-28-29-30-31-32-33-35-36-38-41-44-47-50-53-59(62)65-56-57(55-64-58(61)52-49-46-43-40-21-18-15-12-9-6-3)66-60(63)54-51-48-45-42-39-37-34-25-23-20-17-14-11-8-5-2/h8,11-12,15,17,20,22,24-25,27-28,34,39,42,48,51,57H,4-7,9-10,13-14,16,18-19,21,23,26,29-33,35-38,40-41,43-47,49-50,52-56H2,1-3H3/b11-8-,15-12-,20-17-,24-22-,28-27-,34-25-,42-39-,51-48-. The van der Waals surface area contributed by atoms with Crippen LogP contribution < -0.4 is 0 Å². The third-order valence-electron chi connectivity index (χ3n) is 11.3. The van der Waals surface area contributed by atoms with Crippen molar-refractivity contribution >= 4 is 17.9 Å². The molecule has 0 aliphatic heterocycles. The van der Waals surface area contributed by atoms with Crippen LogP contribution in [-0.4, -0.2) is 37.2 Å². The van der Waals surface area contributed by atoms with Gasteiger partial charge in [-0.2, -0.15) is 0 Å². The van der Waals surface area contributed by atoms with Crippen molar-refractivity contribution in [3.8, 4) is 0 Å². The minimum absolute atomic E-state index is 0.0932. The van der Waals surface area contributed by atoms with E-state index in [1.807, 2.05) is 6.08 Å². The van der Waals surface area contributed by atoms with Gasteiger partial charge in [-0.3, -0.25) is 14.4 Å². The quantitative estimate of drug-likeness (QED) is 0.0262. The van der Waals surface area contributed by atoms with E-state index in [2.05, 4.69) is 106 Å². The molecule has 1 unspecified atom stereocenters. The summed E-state index contributed by atoms with van der Waals surface area (Å²) in [7, 11) is 0. The molecule has 6 nitrogen and oxygen atoms in total. The van der Waals surface area contributed by atoms with Crippen LogP contribution in [0.4, 0.5) is 0 Å². The lowest BCUT2D eigenvalue weighted by Crippen LogP contribution is -2.30. The van der Waals surface area contributed by atoms with E-state index in [1.165, 1.54) is 109 Å². The van der Waals surface area contributed by atoms with Gasteiger partial charge in [0.15, 0.2) is 6.10 Å². The minimum atomic E-state index is -0.835. The summed E-state index contributed by atoms with van der Waals surface area (Å²) < 4.78 is 16.7. The first-order chi connectivity index (χ1) is 32.5. The molecule has 0 saturated carbocycles. The van der Waals surface area contributed by atoms with Crippen molar-refractivity contribution < 1.29 is 28.6 Å². The maximum absolute atomic E-state index is 12.7. The van der Waals surface area contributed by atoms with Crippen molar-refractivity contribution in [1.82, 2.24) is 0 Å². The van der Waals surface area contributed by atoms with E-state index < -0.39 is 12.1 Å². The van der Waals surface area contributed by atoms with Crippen molar-refractivity contribution in [2.45, 2.75) is 252 Å². The molecule has 0 spiro atoms. The number of carbonyl (C=O) groups is 3. The Bertz CT molecular complexity index is 1330. The van der Waals surface area contributed by atoms with E-state index in [-0.39, 0.29) is 31.6 Å². The van der Waals surface area contributed by atoms with Gasteiger partial charge in [-0.1, -0.05) is 227 Å². The van der Waals surface area contributed by atoms with E-state index in [1.54, 1.807) is 6.08 Å². The first-order valence-electron chi connectivity index (χ1n) is 27.2. The summed E-state index contributed by atoms with van der Waals surface area (Å²) in [6.45, 7) is 6.36. The Balaban J connectivity index is 4.37. The Labute approximate surface area is 407 Å². The summed E-state index contributed by atoms with van der Waals surface area (Å²) in [4.78, 5) is 37.9.